The Balaban J connectivity index is 1.65. The number of halogens is 1. The number of aryl methyl sites for hydroxylation is 1. The monoisotopic (exact) mass is 534 g/mol. The molecule has 1 spiro atoms. The third-order valence-electron chi connectivity index (χ3n) is 6.72. The van der Waals surface area contributed by atoms with Gasteiger partial charge in [0.1, 0.15) is 10.3 Å². The van der Waals surface area contributed by atoms with Crippen molar-refractivity contribution in [3.05, 3.63) is 132 Å². The first-order chi connectivity index (χ1) is 17.6. The molecule has 176 valence electrons. The zero-order chi connectivity index (χ0) is 24.7. The number of hydrogen-bond donors (Lipinski definition) is 0. The summed E-state index contributed by atoms with van der Waals surface area (Å²) < 4.78 is 0.682. The van der Waals surface area contributed by atoms with Crippen molar-refractivity contribution in [2.75, 3.05) is 10.0 Å². The number of hydrogen-bond acceptors (Lipinski definition) is 4. The van der Waals surface area contributed by atoms with Crippen LogP contribution in [0.25, 0.3) is 0 Å². The Bertz CT molecular complexity index is 1470. The van der Waals surface area contributed by atoms with Crippen LogP contribution in [0.4, 0.5) is 11.4 Å². The van der Waals surface area contributed by atoms with Crippen LogP contribution in [-0.2, 0) is 4.79 Å². The van der Waals surface area contributed by atoms with E-state index >= 15 is 0 Å². The minimum atomic E-state index is -1.23. The number of rotatable bonds is 4. The van der Waals surface area contributed by atoms with E-state index in [-0.39, 0.29) is 5.91 Å². The van der Waals surface area contributed by atoms with Crippen molar-refractivity contribution in [3.63, 3.8) is 0 Å². The molecule has 4 aromatic rings. The van der Waals surface area contributed by atoms with Crippen molar-refractivity contribution >= 4 is 43.5 Å². The Morgan fingerprint density at radius 3 is 1.89 bits per heavy atom. The minimum Gasteiger partial charge on any atom is -0.269 e. The maximum atomic E-state index is 14.8. The highest BCUT2D eigenvalue weighted by Crippen LogP contribution is 2.50. The fraction of sp³-hybridized carbons (Fsp3) is 0.100. The zero-order valence-corrected chi connectivity index (χ0v) is 21.2. The SMILES string of the molecule is Cc1ccc(C2C(Br)=NN(c3ccccc3)C23C(=O)N(c2ccccc2)N=C3c2ccccc2)cc1. The molecule has 1 amide bonds. The largest absolute Gasteiger partial charge is 0.282 e. The second-order valence-electron chi connectivity index (χ2n) is 8.95. The molecular weight excluding hydrogens is 512 g/mol. The van der Waals surface area contributed by atoms with Crippen molar-refractivity contribution in [2.24, 2.45) is 10.2 Å². The summed E-state index contributed by atoms with van der Waals surface area (Å²) in [5.41, 5.74) is 3.97. The third-order valence-corrected chi connectivity index (χ3v) is 7.34. The molecule has 0 aliphatic carbocycles. The van der Waals surface area contributed by atoms with Crippen LogP contribution in [0.3, 0.4) is 0 Å². The summed E-state index contributed by atoms with van der Waals surface area (Å²) in [5.74, 6) is -0.557. The van der Waals surface area contributed by atoms with Crippen molar-refractivity contribution in [3.8, 4) is 0 Å². The van der Waals surface area contributed by atoms with Gasteiger partial charge in [-0.2, -0.15) is 15.2 Å². The molecule has 4 aromatic carbocycles. The molecule has 5 nitrogen and oxygen atoms in total. The Morgan fingerprint density at radius 1 is 0.722 bits per heavy atom. The predicted octanol–water partition coefficient (Wildman–Crippen LogP) is 6.50. The second kappa shape index (κ2) is 8.88. The van der Waals surface area contributed by atoms with Crippen molar-refractivity contribution in [1.29, 1.82) is 0 Å². The minimum absolute atomic E-state index is 0.153. The van der Waals surface area contributed by atoms with Gasteiger partial charge in [-0.05, 0) is 52.7 Å². The average molecular weight is 535 g/mol. The molecule has 6 heteroatoms. The van der Waals surface area contributed by atoms with Gasteiger partial charge in [0.25, 0.3) is 5.91 Å². The summed E-state index contributed by atoms with van der Waals surface area (Å²) in [7, 11) is 0. The highest BCUT2D eigenvalue weighted by atomic mass is 79.9. The molecule has 36 heavy (non-hydrogen) atoms. The Hall–Kier alpha value is -4.03. The summed E-state index contributed by atoms with van der Waals surface area (Å²) in [4.78, 5) is 14.8. The van der Waals surface area contributed by atoms with Crippen LogP contribution in [0.5, 0.6) is 0 Å². The van der Waals surface area contributed by atoms with Gasteiger partial charge in [0.2, 0.25) is 5.54 Å². The lowest BCUT2D eigenvalue weighted by atomic mass is 9.74. The first-order valence-electron chi connectivity index (χ1n) is 11.8. The summed E-state index contributed by atoms with van der Waals surface area (Å²) >= 11 is 3.77. The molecule has 0 saturated heterocycles. The van der Waals surface area contributed by atoms with E-state index in [1.165, 1.54) is 5.01 Å². The van der Waals surface area contributed by atoms with Gasteiger partial charge in [0.15, 0.2) is 0 Å². The van der Waals surface area contributed by atoms with E-state index in [2.05, 4.69) is 47.1 Å². The summed E-state index contributed by atoms with van der Waals surface area (Å²) in [6.45, 7) is 2.06. The molecule has 0 fully saturated rings. The predicted molar refractivity (Wildman–Crippen MR) is 149 cm³/mol. The van der Waals surface area contributed by atoms with Gasteiger partial charge >= 0.3 is 0 Å². The molecular formula is C30H23BrN4O. The average Bonchev–Trinajstić information content (AvgIpc) is 3.40. The van der Waals surface area contributed by atoms with Crippen LogP contribution in [0.1, 0.15) is 22.6 Å². The van der Waals surface area contributed by atoms with Crippen LogP contribution in [-0.4, -0.2) is 21.8 Å². The zero-order valence-electron chi connectivity index (χ0n) is 19.6. The lowest BCUT2D eigenvalue weighted by molar-refractivity contribution is -0.120. The van der Waals surface area contributed by atoms with Crippen LogP contribution in [0.15, 0.2) is 125 Å². The molecule has 2 atom stereocenters. The number of carbonyl (C=O) groups excluding carboxylic acids is 1. The number of hydrazone groups is 2. The van der Waals surface area contributed by atoms with Crippen LogP contribution < -0.4 is 10.0 Å². The summed E-state index contributed by atoms with van der Waals surface area (Å²) in [6.07, 6.45) is 0. The molecule has 0 bridgehead atoms. The van der Waals surface area contributed by atoms with Gasteiger partial charge in [-0.25, -0.2) is 5.01 Å². The first kappa shape index (κ1) is 22.4. The van der Waals surface area contributed by atoms with E-state index in [0.29, 0.717) is 16.0 Å². The topological polar surface area (TPSA) is 48.3 Å². The van der Waals surface area contributed by atoms with Gasteiger partial charge in [-0.1, -0.05) is 96.6 Å². The number of anilines is 2. The molecule has 2 unspecified atom stereocenters. The molecule has 6 rings (SSSR count). The van der Waals surface area contributed by atoms with E-state index < -0.39 is 11.5 Å². The lowest BCUT2D eigenvalue weighted by Gasteiger charge is -2.38. The summed E-state index contributed by atoms with van der Waals surface area (Å²) in [5, 5.41) is 13.4. The molecule has 2 aliphatic heterocycles. The van der Waals surface area contributed by atoms with Crippen molar-refractivity contribution < 1.29 is 4.79 Å². The van der Waals surface area contributed by atoms with Crippen molar-refractivity contribution in [1.82, 2.24) is 0 Å². The lowest BCUT2D eigenvalue weighted by Crippen LogP contribution is -2.60. The first-order valence-corrected chi connectivity index (χ1v) is 12.6. The van der Waals surface area contributed by atoms with Crippen LogP contribution >= 0.6 is 15.9 Å². The maximum absolute atomic E-state index is 14.8. The fourth-order valence-corrected chi connectivity index (χ4v) is 5.80. The summed E-state index contributed by atoms with van der Waals surface area (Å²) in [6, 6.07) is 37.6. The van der Waals surface area contributed by atoms with E-state index in [4.69, 9.17) is 10.2 Å². The highest BCUT2D eigenvalue weighted by molar-refractivity contribution is 9.18. The number of amides is 1. The molecule has 2 aliphatic rings. The highest BCUT2D eigenvalue weighted by Gasteiger charge is 2.65. The second-order valence-corrected chi connectivity index (χ2v) is 9.76. The quantitative estimate of drug-likeness (QED) is 0.300. The van der Waals surface area contributed by atoms with Gasteiger partial charge in [0.05, 0.1) is 17.3 Å². The standard InChI is InChI=1S/C30H23BrN4O/c1-21-17-19-22(20-18-21)26-28(31)33-35(25-15-9-4-10-16-25)30(26)27(23-11-5-2-6-12-23)32-34(29(30)36)24-13-7-3-8-14-24/h2-20,26H,1H3. The van der Waals surface area contributed by atoms with E-state index in [1.807, 2.05) is 96.0 Å². The van der Waals surface area contributed by atoms with Crippen LogP contribution in [0, 0.1) is 6.92 Å². The molecule has 0 aromatic heterocycles. The number of nitrogens with zero attached hydrogens (tertiary/aromatic N) is 4. The van der Waals surface area contributed by atoms with Gasteiger partial charge in [0, 0.05) is 5.56 Å². The Labute approximate surface area is 218 Å². The number of carbonyl (C=O) groups is 1. The normalized spacial score (nSPS) is 21.2. The molecule has 0 radical (unpaired) electrons. The maximum Gasteiger partial charge on any atom is 0.282 e. The third kappa shape index (κ3) is 3.40. The fourth-order valence-electron chi connectivity index (χ4n) is 5.05. The molecule has 0 N–H and O–H groups in total. The van der Waals surface area contributed by atoms with E-state index in [9.17, 15) is 4.79 Å². The van der Waals surface area contributed by atoms with Gasteiger partial charge < -0.3 is 0 Å². The Morgan fingerprint density at radius 2 is 1.28 bits per heavy atom. The van der Waals surface area contributed by atoms with E-state index in [1.54, 1.807) is 0 Å². The van der Waals surface area contributed by atoms with Crippen LogP contribution in [0.2, 0.25) is 0 Å². The number of benzene rings is 4. The van der Waals surface area contributed by atoms with Gasteiger partial charge in [-0.3, -0.25) is 4.79 Å². The van der Waals surface area contributed by atoms with E-state index in [0.717, 1.165) is 22.4 Å². The smallest absolute Gasteiger partial charge is 0.269 e. The van der Waals surface area contributed by atoms with Crippen molar-refractivity contribution in [2.45, 2.75) is 18.4 Å². The molecule has 0 saturated carbocycles. The number of para-hydroxylation sites is 2. The Kier molecular flexibility index (Phi) is 5.53. The molecule has 2 heterocycles. The van der Waals surface area contributed by atoms with Gasteiger partial charge in [-0.15, -0.1) is 0 Å².